The fraction of sp³-hybridized carbons (Fsp3) is 0.538. The number of benzene rings is 1. The third kappa shape index (κ3) is 2.58. The summed E-state index contributed by atoms with van der Waals surface area (Å²) in [4.78, 5) is 2.45. The molecular formula is C13H20N2. The van der Waals surface area contributed by atoms with Gasteiger partial charge in [0.2, 0.25) is 0 Å². The second kappa shape index (κ2) is 4.33. The van der Waals surface area contributed by atoms with E-state index in [2.05, 4.69) is 36.9 Å². The maximum absolute atomic E-state index is 5.90. The van der Waals surface area contributed by atoms with Crippen LogP contribution < -0.4 is 5.73 Å². The van der Waals surface area contributed by atoms with Crippen LogP contribution in [0.4, 0.5) is 0 Å². The molecule has 0 saturated carbocycles. The Morgan fingerprint density at radius 2 is 2.20 bits per heavy atom. The Morgan fingerprint density at radius 3 is 2.80 bits per heavy atom. The number of hydrogen-bond acceptors (Lipinski definition) is 2. The molecule has 1 aliphatic rings. The van der Waals surface area contributed by atoms with Crippen LogP contribution in [-0.2, 0) is 6.54 Å². The third-order valence-electron chi connectivity index (χ3n) is 3.20. The fourth-order valence-electron chi connectivity index (χ4n) is 2.27. The first-order valence-electron chi connectivity index (χ1n) is 5.69. The highest BCUT2D eigenvalue weighted by atomic mass is 15.2. The van der Waals surface area contributed by atoms with E-state index >= 15 is 0 Å². The fourth-order valence-corrected chi connectivity index (χ4v) is 2.27. The summed E-state index contributed by atoms with van der Waals surface area (Å²) < 4.78 is 0. The van der Waals surface area contributed by atoms with Crippen molar-refractivity contribution in [3.05, 3.63) is 34.9 Å². The zero-order valence-electron chi connectivity index (χ0n) is 9.66. The van der Waals surface area contributed by atoms with E-state index in [4.69, 9.17) is 5.73 Å². The Kier molecular flexibility index (Phi) is 3.08. The molecule has 0 radical (unpaired) electrons. The molecule has 1 atom stereocenters. The molecule has 0 aromatic heterocycles. The van der Waals surface area contributed by atoms with Gasteiger partial charge in [-0.1, -0.05) is 23.8 Å². The summed E-state index contributed by atoms with van der Waals surface area (Å²) in [6.07, 6.45) is 1.14. The van der Waals surface area contributed by atoms with Crippen molar-refractivity contribution in [1.29, 1.82) is 0 Å². The Morgan fingerprint density at radius 1 is 1.40 bits per heavy atom. The molecule has 2 nitrogen and oxygen atoms in total. The normalized spacial score (nSPS) is 22.2. The number of rotatable bonds is 2. The van der Waals surface area contributed by atoms with Crippen molar-refractivity contribution in [3.8, 4) is 0 Å². The molecule has 0 bridgehead atoms. The minimum atomic E-state index is 0.385. The smallest absolute Gasteiger partial charge is 0.0237 e. The van der Waals surface area contributed by atoms with E-state index < -0.39 is 0 Å². The highest BCUT2D eigenvalue weighted by Crippen LogP contribution is 2.16. The quantitative estimate of drug-likeness (QED) is 0.796. The SMILES string of the molecule is Cc1ccc(CN2CC[C@H](N)C2)c(C)c1. The lowest BCUT2D eigenvalue weighted by Crippen LogP contribution is -2.26. The minimum Gasteiger partial charge on any atom is -0.326 e. The second-order valence-electron chi connectivity index (χ2n) is 4.71. The van der Waals surface area contributed by atoms with Gasteiger partial charge in [0.15, 0.2) is 0 Å². The first-order valence-corrected chi connectivity index (χ1v) is 5.69. The summed E-state index contributed by atoms with van der Waals surface area (Å²) in [7, 11) is 0. The van der Waals surface area contributed by atoms with Crippen LogP contribution in [0.1, 0.15) is 23.1 Å². The average Bonchev–Trinajstić information content (AvgIpc) is 2.56. The van der Waals surface area contributed by atoms with Gasteiger partial charge in [0.05, 0.1) is 0 Å². The Balaban J connectivity index is 2.04. The predicted octanol–water partition coefficient (Wildman–Crippen LogP) is 1.84. The van der Waals surface area contributed by atoms with Crippen LogP contribution in [0.2, 0.25) is 0 Å². The third-order valence-corrected chi connectivity index (χ3v) is 3.20. The van der Waals surface area contributed by atoms with Crippen molar-refractivity contribution in [2.45, 2.75) is 32.9 Å². The molecule has 1 aromatic rings. The summed E-state index contributed by atoms with van der Waals surface area (Å²) in [5, 5.41) is 0. The maximum Gasteiger partial charge on any atom is 0.0237 e. The lowest BCUT2D eigenvalue weighted by atomic mass is 10.1. The van der Waals surface area contributed by atoms with E-state index in [0.29, 0.717) is 6.04 Å². The molecule has 1 heterocycles. The van der Waals surface area contributed by atoms with Gasteiger partial charge < -0.3 is 5.73 Å². The standard InChI is InChI=1S/C13H20N2/c1-10-3-4-12(11(2)7-10)8-15-6-5-13(14)9-15/h3-4,7,13H,5-6,8-9,14H2,1-2H3/t13-/m0/s1. The summed E-state index contributed by atoms with van der Waals surface area (Å²) in [6.45, 7) is 7.59. The molecule has 15 heavy (non-hydrogen) atoms. The number of hydrogen-bond donors (Lipinski definition) is 1. The first kappa shape index (κ1) is 10.7. The molecule has 2 rings (SSSR count). The first-order chi connectivity index (χ1) is 7.15. The predicted molar refractivity (Wildman–Crippen MR) is 63.8 cm³/mol. The van der Waals surface area contributed by atoms with Crippen LogP contribution in [-0.4, -0.2) is 24.0 Å². The molecular weight excluding hydrogens is 184 g/mol. The summed E-state index contributed by atoms with van der Waals surface area (Å²) in [6, 6.07) is 7.08. The van der Waals surface area contributed by atoms with Crippen molar-refractivity contribution < 1.29 is 0 Å². The van der Waals surface area contributed by atoms with Gasteiger partial charge in [-0.3, -0.25) is 4.90 Å². The molecule has 1 aromatic carbocycles. The monoisotopic (exact) mass is 204 g/mol. The van der Waals surface area contributed by atoms with Gasteiger partial charge in [-0.05, 0) is 31.4 Å². The lowest BCUT2D eigenvalue weighted by Gasteiger charge is -2.17. The van der Waals surface area contributed by atoms with Crippen LogP contribution in [0.3, 0.4) is 0 Å². The number of likely N-dealkylation sites (tertiary alicyclic amines) is 1. The molecule has 2 heteroatoms. The van der Waals surface area contributed by atoms with Gasteiger partial charge in [-0.15, -0.1) is 0 Å². The zero-order chi connectivity index (χ0) is 10.8. The molecule has 82 valence electrons. The molecule has 0 spiro atoms. The molecule has 0 unspecified atom stereocenters. The summed E-state index contributed by atoms with van der Waals surface area (Å²) in [5.74, 6) is 0. The van der Waals surface area contributed by atoms with Crippen molar-refractivity contribution >= 4 is 0 Å². The van der Waals surface area contributed by atoms with Gasteiger partial charge in [0.25, 0.3) is 0 Å². The van der Waals surface area contributed by atoms with Crippen molar-refractivity contribution in [3.63, 3.8) is 0 Å². The molecule has 1 aliphatic heterocycles. The number of aryl methyl sites for hydroxylation is 2. The van der Waals surface area contributed by atoms with E-state index in [1.54, 1.807) is 0 Å². The van der Waals surface area contributed by atoms with Crippen LogP contribution in [0.15, 0.2) is 18.2 Å². The van der Waals surface area contributed by atoms with E-state index in [0.717, 1.165) is 26.1 Å². The highest BCUT2D eigenvalue weighted by Gasteiger charge is 2.19. The number of nitrogens with two attached hydrogens (primary N) is 1. The topological polar surface area (TPSA) is 29.3 Å². The van der Waals surface area contributed by atoms with Crippen LogP contribution in [0.5, 0.6) is 0 Å². The van der Waals surface area contributed by atoms with Gasteiger partial charge in [0.1, 0.15) is 0 Å². The zero-order valence-corrected chi connectivity index (χ0v) is 9.66. The second-order valence-corrected chi connectivity index (χ2v) is 4.71. The van der Waals surface area contributed by atoms with Gasteiger partial charge in [-0.25, -0.2) is 0 Å². The van der Waals surface area contributed by atoms with Crippen molar-refractivity contribution in [2.24, 2.45) is 5.73 Å². The van der Waals surface area contributed by atoms with Gasteiger partial charge in [0, 0.05) is 25.7 Å². The van der Waals surface area contributed by atoms with Crippen molar-refractivity contribution in [2.75, 3.05) is 13.1 Å². The summed E-state index contributed by atoms with van der Waals surface area (Å²) >= 11 is 0. The largest absolute Gasteiger partial charge is 0.326 e. The minimum absolute atomic E-state index is 0.385. The van der Waals surface area contributed by atoms with E-state index in [1.165, 1.54) is 16.7 Å². The average molecular weight is 204 g/mol. The molecule has 0 aliphatic carbocycles. The number of nitrogens with zero attached hydrogens (tertiary/aromatic N) is 1. The van der Waals surface area contributed by atoms with Crippen LogP contribution in [0, 0.1) is 13.8 Å². The van der Waals surface area contributed by atoms with Gasteiger partial charge >= 0.3 is 0 Å². The van der Waals surface area contributed by atoms with E-state index in [9.17, 15) is 0 Å². The lowest BCUT2D eigenvalue weighted by molar-refractivity contribution is 0.326. The Hall–Kier alpha value is -0.860. The highest BCUT2D eigenvalue weighted by molar-refractivity contribution is 5.30. The van der Waals surface area contributed by atoms with Crippen LogP contribution >= 0.6 is 0 Å². The van der Waals surface area contributed by atoms with E-state index in [1.807, 2.05) is 0 Å². The molecule has 1 fully saturated rings. The van der Waals surface area contributed by atoms with E-state index in [-0.39, 0.29) is 0 Å². The van der Waals surface area contributed by atoms with Crippen molar-refractivity contribution in [1.82, 2.24) is 4.90 Å². The summed E-state index contributed by atoms with van der Waals surface area (Å²) in [5.41, 5.74) is 10.1. The van der Waals surface area contributed by atoms with Crippen LogP contribution in [0.25, 0.3) is 0 Å². The Labute approximate surface area is 92.1 Å². The maximum atomic E-state index is 5.90. The van der Waals surface area contributed by atoms with Gasteiger partial charge in [-0.2, -0.15) is 0 Å². The molecule has 1 saturated heterocycles. The Bertz CT molecular complexity index is 346. The molecule has 2 N–H and O–H groups in total. The molecule has 0 amide bonds.